The van der Waals surface area contributed by atoms with E-state index in [0.29, 0.717) is 23.5 Å². The van der Waals surface area contributed by atoms with Crippen molar-refractivity contribution in [1.29, 1.82) is 0 Å². The lowest BCUT2D eigenvalue weighted by atomic mass is 10.0. The van der Waals surface area contributed by atoms with Gasteiger partial charge in [0.1, 0.15) is 18.5 Å². The average Bonchev–Trinajstić information content (AvgIpc) is 3.30. The maximum absolute atomic E-state index is 12.5. The SMILES string of the molecule is Cc1cccc(C(=O)c2ccc(Br)c(OCC3CO3)c2)c1. The number of hydrogen-bond donors (Lipinski definition) is 0. The van der Waals surface area contributed by atoms with Crippen molar-refractivity contribution in [3.63, 3.8) is 0 Å². The molecule has 0 bridgehead atoms. The zero-order chi connectivity index (χ0) is 14.8. The van der Waals surface area contributed by atoms with E-state index in [-0.39, 0.29) is 11.9 Å². The van der Waals surface area contributed by atoms with Crippen LogP contribution >= 0.6 is 15.9 Å². The first-order valence-corrected chi connectivity index (χ1v) is 7.58. The number of carbonyl (C=O) groups is 1. The van der Waals surface area contributed by atoms with Crippen LogP contribution in [0.5, 0.6) is 5.75 Å². The molecule has 0 aliphatic carbocycles. The van der Waals surface area contributed by atoms with Crippen molar-refractivity contribution in [3.05, 3.63) is 63.6 Å². The Labute approximate surface area is 132 Å². The minimum atomic E-state index is -0.00118. The molecule has 21 heavy (non-hydrogen) atoms. The summed E-state index contributed by atoms with van der Waals surface area (Å²) in [6, 6.07) is 13.0. The van der Waals surface area contributed by atoms with Gasteiger partial charge >= 0.3 is 0 Å². The Morgan fingerprint density at radius 1 is 1.29 bits per heavy atom. The Bertz CT molecular complexity index is 677. The number of hydrogen-bond acceptors (Lipinski definition) is 3. The fourth-order valence-electron chi connectivity index (χ4n) is 2.06. The first kappa shape index (κ1) is 14.3. The number of ketones is 1. The number of epoxide rings is 1. The van der Waals surface area contributed by atoms with Crippen molar-refractivity contribution in [2.45, 2.75) is 13.0 Å². The summed E-state index contributed by atoms with van der Waals surface area (Å²) in [7, 11) is 0. The van der Waals surface area contributed by atoms with E-state index in [4.69, 9.17) is 9.47 Å². The van der Waals surface area contributed by atoms with Gasteiger partial charge in [0.15, 0.2) is 5.78 Å². The first-order valence-electron chi connectivity index (χ1n) is 6.79. The summed E-state index contributed by atoms with van der Waals surface area (Å²) < 4.78 is 11.6. The Hall–Kier alpha value is -1.65. The van der Waals surface area contributed by atoms with E-state index in [0.717, 1.165) is 16.6 Å². The number of ether oxygens (including phenoxy) is 2. The van der Waals surface area contributed by atoms with Crippen molar-refractivity contribution in [2.75, 3.05) is 13.2 Å². The molecule has 2 aromatic carbocycles. The van der Waals surface area contributed by atoms with Crippen LogP contribution in [0.25, 0.3) is 0 Å². The summed E-state index contributed by atoms with van der Waals surface area (Å²) in [5, 5.41) is 0. The molecule has 1 atom stereocenters. The molecule has 3 nitrogen and oxygen atoms in total. The van der Waals surface area contributed by atoms with Gasteiger partial charge in [0.2, 0.25) is 0 Å². The standard InChI is InChI=1S/C17H15BrO3/c1-11-3-2-4-12(7-11)17(19)13-5-6-15(18)16(8-13)21-10-14-9-20-14/h2-8,14H,9-10H2,1H3. The van der Waals surface area contributed by atoms with Crippen LogP contribution < -0.4 is 4.74 Å². The zero-order valence-electron chi connectivity index (χ0n) is 11.6. The summed E-state index contributed by atoms with van der Waals surface area (Å²) in [6.07, 6.45) is 0.188. The fraction of sp³-hybridized carbons (Fsp3) is 0.235. The molecule has 1 heterocycles. The lowest BCUT2D eigenvalue weighted by Gasteiger charge is -2.09. The monoisotopic (exact) mass is 346 g/mol. The number of aryl methyl sites for hydroxylation is 1. The second-order valence-electron chi connectivity index (χ2n) is 5.11. The zero-order valence-corrected chi connectivity index (χ0v) is 13.2. The molecule has 1 unspecified atom stereocenters. The highest BCUT2D eigenvalue weighted by atomic mass is 79.9. The lowest BCUT2D eigenvalue weighted by Crippen LogP contribution is -2.06. The molecule has 3 rings (SSSR count). The van der Waals surface area contributed by atoms with Crippen molar-refractivity contribution < 1.29 is 14.3 Å². The summed E-state index contributed by atoms with van der Waals surface area (Å²) in [5.74, 6) is 0.669. The van der Waals surface area contributed by atoms with Gasteiger partial charge < -0.3 is 9.47 Å². The largest absolute Gasteiger partial charge is 0.490 e. The van der Waals surface area contributed by atoms with Gasteiger partial charge in [-0.1, -0.05) is 23.8 Å². The van der Waals surface area contributed by atoms with Crippen LogP contribution in [-0.4, -0.2) is 25.1 Å². The molecule has 0 saturated carbocycles. The normalized spacial score (nSPS) is 16.6. The van der Waals surface area contributed by atoms with Gasteiger partial charge in [-0.3, -0.25) is 4.79 Å². The van der Waals surface area contributed by atoms with E-state index in [1.807, 2.05) is 37.3 Å². The predicted molar refractivity (Wildman–Crippen MR) is 84.0 cm³/mol. The summed E-state index contributed by atoms with van der Waals surface area (Å²) in [6.45, 7) is 3.24. The molecule has 2 aromatic rings. The highest BCUT2D eigenvalue weighted by Gasteiger charge is 2.23. The van der Waals surface area contributed by atoms with E-state index >= 15 is 0 Å². The van der Waals surface area contributed by atoms with Gasteiger partial charge in [0.05, 0.1) is 11.1 Å². The maximum atomic E-state index is 12.5. The summed E-state index contributed by atoms with van der Waals surface area (Å²) >= 11 is 3.44. The van der Waals surface area contributed by atoms with E-state index < -0.39 is 0 Å². The molecule has 0 spiro atoms. The van der Waals surface area contributed by atoms with Gasteiger partial charge in [-0.05, 0) is 47.1 Å². The van der Waals surface area contributed by atoms with Crippen molar-refractivity contribution in [2.24, 2.45) is 0 Å². The van der Waals surface area contributed by atoms with Gasteiger partial charge in [-0.2, -0.15) is 0 Å². The highest BCUT2D eigenvalue weighted by molar-refractivity contribution is 9.10. The van der Waals surface area contributed by atoms with E-state index in [1.165, 1.54) is 0 Å². The van der Waals surface area contributed by atoms with E-state index in [1.54, 1.807) is 12.1 Å². The van der Waals surface area contributed by atoms with Crippen LogP contribution in [-0.2, 0) is 4.74 Å². The molecule has 4 heteroatoms. The molecule has 0 aromatic heterocycles. The molecule has 1 aliphatic rings. The third kappa shape index (κ3) is 3.52. The third-order valence-corrected chi connectivity index (χ3v) is 3.96. The summed E-state index contributed by atoms with van der Waals surface area (Å²) in [4.78, 5) is 12.5. The van der Waals surface area contributed by atoms with E-state index in [2.05, 4.69) is 15.9 Å². The summed E-state index contributed by atoms with van der Waals surface area (Å²) in [5.41, 5.74) is 2.38. The number of rotatable bonds is 5. The topological polar surface area (TPSA) is 38.8 Å². The molecular weight excluding hydrogens is 332 g/mol. The number of benzene rings is 2. The lowest BCUT2D eigenvalue weighted by molar-refractivity contribution is 0.103. The van der Waals surface area contributed by atoms with Crippen LogP contribution in [0.2, 0.25) is 0 Å². The molecular formula is C17H15BrO3. The first-order chi connectivity index (χ1) is 10.1. The molecule has 1 saturated heterocycles. The second kappa shape index (κ2) is 6.00. The quantitative estimate of drug-likeness (QED) is 0.611. The third-order valence-electron chi connectivity index (χ3n) is 3.30. The Morgan fingerprint density at radius 3 is 2.76 bits per heavy atom. The van der Waals surface area contributed by atoms with Crippen LogP contribution in [0.1, 0.15) is 21.5 Å². The van der Waals surface area contributed by atoms with Crippen molar-refractivity contribution in [1.82, 2.24) is 0 Å². The van der Waals surface area contributed by atoms with Crippen LogP contribution in [0, 0.1) is 6.92 Å². The Morgan fingerprint density at radius 2 is 2.05 bits per heavy atom. The minimum absolute atomic E-state index is 0.00118. The van der Waals surface area contributed by atoms with E-state index in [9.17, 15) is 4.79 Å². The predicted octanol–water partition coefficient (Wildman–Crippen LogP) is 3.77. The molecule has 108 valence electrons. The molecule has 0 radical (unpaired) electrons. The Kier molecular flexibility index (Phi) is 4.08. The number of carbonyl (C=O) groups excluding carboxylic acids is 1. The number of halogens is 1. The smallest absolute Gasteiger partial charge is 0.193 e. The van der Waals surface area contributed by atoms with Gasteiger partial charge in [-0.15, -0.1) is 0 Å². The van der Waals surface area contributed by atoms with Crippen LogP contribution in [0.15, 0.2) is 46.9 Å². The van der Waals surface area contributed by atoms with Crippen molar-refractivity contribution in [3.8, 4) is 5.75 Å². The molecule has 0 amide bonds. The highest BCUT2D eigenvalue weighted by Crippen LogP contribution is 2.28. The molecule has 1 fully saturated rings. The molecule has 1 aliphatic heterocycles. The maximum Gasteiger partial charge on any atom is 0.193 e. The molecule has 0 N–H and O–H groups in total. The van der Waals surface area contributed by atoms with Crippen LogP contribution in [0.4, 0.5) is 0 Å². The average molecular weight is 347 g/mol. The van der Waals surface area contributed by atoms with Gasteiger partial charge in [0, 0.05) is 11.1 Å². The van der Waals surface area contributed by atoms with Crippen molar-refractivity contribution >= 4 is 21.7 Å². The fourth-order valence-corrected chi connectivity index (χ4v) is 2.42. The van der Waals surface area contributed by atoms with Crippen LogP contribution in [0.3, 0.4) is 0 Å². The van der Waals surface area contributed by atoms with Gasteiger partial charge in [-0.25, -0.2) is 0 Å². The minimum Gasteiger partial charge on any atom is -0.490 e. The Balaban J connectivity index is 1.83. The second-order valence-corrected chi connectivity index (χ2v) is 5.96. The van der Waals surface area contributed by atoms with Gasteiger partial charge in [0.25, 0.3) is 0 Å².